The van der Waals surface area contributed by atoms with Crippen LogP contribution in [0, 0.1) is 0 Å². The van der Waals surface area contributed by atoms with Gasteiger partial charge in [-0.2, -0.15) is 0 Å². The van der Waals surface area contributed by atoms with Crippen molar-refractivity contribution in [1.82, 2.24) is 10.2 Å². The first-order valence-electron chi connectivity index (χ1n) is 8.86. The van der Waals surface area contributed by atoms with Gasteiger partial charge in [0.15, 0.2) is 11.5 Å². The zero-order chi connectivity index (χ0) is 17.1. The number of carbonyl (C=O) groups is 1. The predicted molar refractivity (Wildman–Crippen MR) is 93.8 cm³/mol. The summed E-state index contributed by atoms with van der Waals surface area (Å²) in [5.41, 5.74) is 2.27. The second kappa shape index (κ2) is 7.43. The molecule has 1 fully saturated rings. The van der Waals surface area contributed by atoms with E-state index in [0.717, 1.165) is 37.1 Å². The highest BCUT2D eigenvalue weighted by Gasteiger charge is 2.31. The molecule has 1 aliphatic carbocycles. The summed E-state index contributed by atoms with van der Waals surface area (Å²) < 4.78 is 10.8. The first kappa shape index (κ1) is 17.1. The van der Waals surface area contributed by atoms with Gasteiger partial charge in [-0.05, 0) is 62.4 Å². The topological polar surface area (TPSA) is 50.8 Å². The van der Waals surface area contributed by atoms with E-state index in [9.17, 15) is 4.79 Å². The highest BCUT2D eigenvalue weighted by molar-refractivity contribution is 5.80. The molecule has 1 amide bonds. The highest BCUT2D eigenvalue weighted by atomic mass is 16.5. The molecule has 0 spiro atoms. The Kier molecular flexibility index (Phi) is 5.29. The van der Waals surface area contributed by atoms with Crippen LogP contribution in [0.5, 0.6) is 11.5 Å². The number of nitrogens with one attached hydrogen (secondary N) is 1. The molecule has 1 saturated carbocycles. The van der Waals surface area contributed by atoms with E-state index in [1.165, 1.54) is 18.4 Å². The minimum atomic E-state index is 0.239. The Labute approximate surface area is 144 Å². The maximum atomic E-state index is 12.9. The van der Waals surface area contributed by atoms with Crippen LogP contribution in [0.15, 0.2) is 12.1 Å². The highest BCUT2D eigenvalue weighted by Crippen LogP contribution is 2.33. The van der Waals surface area contributed by atoms with Crippen molar-refractivity contribution in [2.75, 3.05) is 27.8 Å². The number of hydrogen-bond acceptors (Lipinski definition) is 4. The summed E-state index contributed by atoms with van der Waals surface area (Å²) in [4.78, 5) is 15.0. The Morgan fingerprint density at radius 2 is 1.83 bits per heavy atom. The van der Waals surface area contributed by atoms with Crippen molar-refractivity contribution < 1.29 is 14.3 Å². The van der Waals surface area contributed by atoms with E-state index in [1.54, 1.807) is 14.2 Å². The lowest BCUT2D eigenvalue weighted by Crippen LogP contribution is -2.47. The standard InChI is InChI=1S/C19H28N2O3/c1-20-15-5-4-6-16(12-15)21-8-7-13-9-17(23-2)18(24-3)10-14(13)11-19(21)22/h9-10,15-16,20H,4-8,11-12H2,1-3H3. The van der Waals surface area contributed by atoms with Gasteiger partial charge in [0, 0.05) is 18.6 Å². The molecule has 132 valence electrons. The van der Waals surface area contributed by atoms with Crippen molar-refractivity contribution in [3.8, 4) is 11.5 Å². The van der Waals surface area contributed by atoms with E-state index < -0.39 is 0 Å². The van der Waals surface area contributed by atoms with Crippen LogP contribution in [0.2, 0.25) is 0 Å². The lowest BCUT2D eigenvalue weighted by atomic mass is 9.90. The quantitative estimate of drug-likeness (QED) is 0.918. The number of nitrogens with zero attached hydrogens (tertiary/aromatic N) is 1. The third-order valence-corrected chi connectivity index (χ3v) is 5.49. The van der Waals surface area contributed by atoms with Crippen LogP contribution >= 0.6 is 0 Å². The van der Waals surface area contributed by atoms with E-state index in [1.807, 2.05) is 19.2 Å². The SMILES string of the molecule is CNC1CCCC(N2CCc3cc(OC)c(OC)cc3CC2=O)C1. The average molecular weight is 332 g/mol. The fraction of sp³-hybridized carbons (Fsp3) is 0.632. The van der Waals surface area contributed by atoms with Crippen LogP contribution in [0.1, 0.15) is 36.8 Å². The Balaban J connectivity index is 1.80. The summed E-state index contributed by atoms with van der Waals surface area (Å²) in [5.74, 6) is 1.68. The zero-order valence-corrected chi connectivity index (χ0v) is 14.9. The largest absolute Gasteiger partial charge is 0.493 e. The van der Waals surface area contributed by atoms with Gasteiger partial charge in [0.2, 0.25) is 5.91 Å². The Hall–Kier alpha value is -1.75. The van der Waals surface area contributed by atoms with Gasteiger partial charge < -0.3 is 19.7 Å². The van der Waals surface area contributed by atoms with Crippen molar-refractivity contribution in [2.45, 2.75) is 50.6 Å². The summed E-state index contributed by atoms with van der Waals surface area (Å²) in [5, 5.41) is 3.38. The summed E-state index contributed by atoms with van der Waals surface area (Å²) in [7, 11) is 5.30. The van der Waals surface area contributed by atoms with Gasteiger partial charge in [-0.1, -0.05) is 0 Å². The molecule has 24 heavy (non-hydrogen) atoms. The minimum Gasteiger partial charge on any atom is -0.493 e. The molecular weight excluding hydrogens is 304 g/mol. The number of fused-ring (bicyclic) bond motifs is 1. The maximum Gasteiger partial charge on any atom is 0.227 e. The van der Waals surface area contributed by atoms with Crippen LogP contribution in [0.25, 0.3) is 0 Å². The van der Waals surface area contributed by atoms with Crippen LogP contribution in [-0.2, 0) is 17.6 Å². The van der Waals surface area contributed by atoms with Crippen molar-refractivity contribution in [1.29, 1.82) is 0 Å². The van der Waals surface area contributed by atoms with Crippen LogP contribution < -0.4 is 14.8 Å². The second-order valence-electron chi connectivity index (χ2n) is 6.80. The van der Waals surface area contributed by atoms with Gasteiger partial charge in [-0.25, -0.2) is 0 Å². The molecule has 0 saturated heterocycles. The second-order valence-corrected chi connectivity index (χ2v) is 6.80. The molecular formula is C19H28N2O3. The number of carbonyl (C=O) groups excluding carboxylic acids is 1. The van der Waals surface area contributed by atoms with E-state index in [0.29, 0.717) is 24.3 Å². The van der Waals surface area contributed by atoms with Crippen LogP contribution in [0.4, 0.5) is 0 Å². The molecule has 5 heteroatoms. The van der Waals surface area contributed by atoms with E-state index in [4.69, 9.17) is 9.47 Å². The van der Waals surface area contributed by atoms with Gasteiger partial charge in [-0.3, -0.25) is 4.79 Å². The molecule has 1 aromatic carbocycles. The third-order valence-electron chi connectivity index (χ3n) is 5.49. The van der Waals surface area contributed by atoms with Crippen LogP contribution in [0.3, 0.4) is 0 Å². The van der Waals surface area contributed by atoms with Gasteiger partial charge >= 0.3 is 0 Å². The number of benzene rings is 1. The molecule has 3 rings (SSSR count). The molecule has 1 heterocycles. The van der Waals surface area contributed by atoms with Crippen molar-refractivity contribution in [3.05, 3.63) is 23.3 Å². The first-order chi connectivity index (χ1) is 11.7. The molecule has 0 bridgehead atoms. The third kappa shape index (κ3) is 3.36. The lowest BCUT2D eigenvalue weighted by Gasteiger charge is -2.37. The normalized spacial score (nSPS) is 24.3. The van der Waals surface area contributed by atoms with E-state index in [-0.39, 0.29) is 5.91 Å². The minimum absolute atomic E-state index is 0.239. The Bertz CT molecular complexity index is 603. The zero-order valence-electron chi connectivity index (χ0n) is 14.9. The Morgan fingerprint density at radius 3 is 2.50 bits per heavy atom. The molecule has 1 aromatic rings. The summed E-state index contributed by atoms with van der Waals surface area (Å²) in [6, 6.07) is 4.89. The fourth-order valence-electron chi connectivity index (χ4n) is 4.09. The lowest BCUT2D eigenvalue weighted by molar-refractivity contribution is -0.133. The fourth-order valence-corrected chi connectivity index (χ4v) is 4.09. The maximum absolute atomic E-state index is 12.9. The van der Waals surface area contributed by atoms with Crippen molar-refractivity contribution in [2.24, 2.45) is 0 Å². The van der Waals surface area contributed by atoms with Gasteiger partial charge in [0.25, 0.3) is 0 Å². The molecule has 1 aliphatic heterocycles. The molecule has 2 aliphatic rings. The number of rotatable bonds is 4. The van der Waals surface area contributed by atoms with E-state index >= 15 is 0 Å². The molecule has 2 unspecified atom stereocenters. The molecule has 2 atom stereocenters. The molecule has 5 nitrogen and oxygen atoms in total. The summed E-state index contributed by atoms with van der Waals surface area (Å²) in [6.45, 7) is 0.794. The molecule has 1 N–H and O–H groups in total. The Morgan fingerprint density at radius 1 is 1.12 bits per heavy atom. The summed E-state index contributed by atoms with van der Waals surface area (Å²) in [6.07, 6.45) is 5.91. The monoisotopic (exact) mass is 332 g/mol. The van der Waals surface area contributed by atoms with Crippen LogP contribution in [-0.4, -0.2) is 50.7 Å². The average Bonchev–Trinajstić information content (AvgIpc) is 2.78. The number of methoxy groups -OCH3 is 2. The smallest absolute Gasteiger partial charge is 0.227 e. The van der Waals surface area contributed by atoms with E-state index in [2.05, 4.69) is 10.2 Å². The predicted octanol–water partition coefficient (Wildman–Crippen LogP) is 2.16. The summed E-state index contributed by atoms with van der Waals surface area (Å²) >= 11 is 0. The number of ether oxygens (including phenoxy) is 2. The first-order valence-corrected chi connectivity index (χ1v) is 8.86. The van der Waals surface area contributed by atoms with Crippen molar-refractivity contribution in [3.63, 3.8) is 0 Å². The number of amides is 1. The molecule has 0 radical (unpaired) electrons. The van der Waals surface area contributed by atoms with Gasteiger partial charge in [-0.15, -0.1) is 0 Å². The van der Waals surface area contributed by atoms with Crippen molar-refractivity contribution >= 4 is 5.91 Å². The van der Waals surface area contributed by atoms with Gasteiger partial charge in [0.1, 0.15) is 0 Å². The number of hydrogen-bond donors (Lipinski definition) is 1. The molecule has 0 aromatic heterocycles. The van der Waals surface area contributed by atoms with Gasteiger partial charge in [0.05, 0.1) is 20.6 Å².